The summed E-state index contributed by atoms with van der Waals surface area (Å²) in [5.41, 5.74) is 6.94. The van der Waals surface area contributed by atoms with E-state index in [1.54, 1.807) is 0 Å². The van der Waals surface area contributed by atoms with E-state index in [1.165, 1.54) is 10.8 Å². The summed E-state index contributed by atoms with van der Waals surface area (Å²) in [7, 11) is 0. The van der Waals surface area contributed by atoms with Gasteiger partial charge in [0.2, 0.25) is 0 Å². The van der Waals surface area contributed by atoms with Gasteiger partial charge in [0, 0.05) is 38.4 Å². The Hall–Kier alpha value is -4.02. The van der Waals surface area contributed by atoms with Crippen molar-refractivity contribution in [1.29, 1.82) is 0 Å². The molecule has 0 saturated carbocycles. The van der Waals surface area contributed by atoms with Crippen LogP contribution in [-0.4, -0.2) is 15.2 Å². The Morgan fingerprint density at radius 2 is 1.05 bits per heavy atom. The molecule has 0 N–H and O–H groups in total. The van der Waals surface area contributed by atoms with Gasteiger partial charge in [-0.1, -0.05) is 126 Å². The molecular weight excluding hydrogens is 701 g/mol. The van der Waals surface area contributed by atoms with Gasteiger partial charge in [0.25, 0.3) is 0 Å². The Morgan fingerprint density at radius 1 is 0.571 bits per heavy atom. The predicted molar refractivity (Wildman–Crippen MR) is 166 cm³/mol. The summed E-state index contributed by atoms with van der Waals surface area (Å²) in [6.45, 7) is 12.8. The summed E-state index contributed by atoms with van der Waals surface area (Å²) in [6.07, 6.45) is 0. The second-order valence-electron chi connectivity index (χ2n) is 12.4. The molecule has 7 rings (SSSR count). The molecule has 0 aliphatic carbocycles. The van der Waals surface area contributed by atoms with Crippen molar-refractivity contribution < 1.29 is 25.5 Å². The topological polar surface area (TPSA) is 80.0 Å². The maximum atomic E-state index is 5.65. The van der Waals surface area contributed by atoms with E-state index < -0.39 is 0 Å². The van der Waals surface area contributed by atoms with Gasteiger partial charge in [-0.3, -0.25) is 4.98 Å². The van der Waals surface area contributed by atoms with E-state index in [2.05, 4.69) is 92.3 Å². The summed E-state index contributed by atoms with van der Waals surface area (Å²) in [5, 5.41) is 22.1. The van der Waals surface area contributed by atoms with Crippen molar-refractivity contribution in [2.45, 2.75) is 52.4 Å². The van der Waals surface area contributed by atoms with Crippen LogP contribution in [0.15, 0.2) is 95.4 Å². The molecule has 7 aromatic rings. The molecule has 0 aliphatic rings. The molecule has 0 unspecified atom stereocenters. The fraction of sp³-hybridized carbons (Fsp3) is 0.229. The molecule has 3 aromatic carbocycles. The van der Waals surface area contributed by atoms with Crippen molar-refractivity contribution in [3.8, 4) is 22.8 Å². The van der Waals surface area contributed by atoms with Gasteiger partial charge in [-0.25, -0.2) is 0 Å². The molecule has 4 aromatic heterocycles. The van der Waals surface area contributed by atoms with Crippen molar-refractivity contribution in [2.24, 2.45) is 0 Å². The minimum Gasteiger partial charge on any atom is -0.573 e. The summed E-state index contributed by atoms with van der Waals surface area (Å²) in [6, 6.07) is 30.6. The summed E-state index contributed by atoms with van der Waals surface area (Å²) < 4.78 is 5.65. The number of fused-ring (bicyclic) bond motifs is 4. The van der Waals surface area contributed by atoms with Crippen LogP contribution in [-0.2, 0) is 31.9 Å². The molecule has 0 atom stereocenters. The zero-order chi connectivity index (χ0) is 28.8. The molecule has 214 valence electrons. The van der Waals surface area contributed by atoms with Gasteiger partial charge in [0.15, 0.2) is 0 Å². The molecule has 4 heterocycles. The summed E-state index contributed by atoms with van der Waals surface area (Å²) in [5.74, 6) is 0. The number of para-hydroxylation sites is 2. The molecule has 6 nitrogen and oxygen atoms in total. The van der Waals surface area contributed by atoms with E-state index in [-0.39, 0.29) is 31.9 Å². The maximum absolute atomic E-state index is 5.65. The minimum atomic E-state index is -0.0581. The molecule has 0 amide bonds. The van der Waals surface area contributed by atoms with E-state index in [0.717, 1.165) is 56.1 Å². The fourth-order valence-electron chi connectivity index (χ4n) is 4.76. The molecule has 0 aliphatic heterocycles. The Morgan fingerprint density at radius 3 is 1.60 bits per heavy atom. The fourth-order valence-corrected chi connectivity index (χ4v) is 4.76. The van der Waals surface area contributed by atoms with Gasteiger partial charge in [-0.2, -0.15) is 0 Å². The van der Waals surface area contributed by atoms with Crippen molar-refractivity contribution in [1.82, 2.24) is 25.4 Å². The molecular formula is C35H33N5OPt. The normalized spacial score (nSPS) is 11.9. The second-order valence-corrected chi connectivity index (χ2v) is 12.4. The van der Waals surface area contributed by atoms with Crippen molar-refractivity contribution in [3.05, 3.63) is 102 Å². The average Bonchev–Trinajstić information content (AvgIpc) is 3.71. The van der Waals surface area contributed by atoms with E-state index in [0.29, 0.717) is 0 Å². The standard InChI is InChI=1S/C23H25N5.C12H8O.Pt/c1-22(2,3)19-12-17(25-27-19)16-11-14-9-7-8-10-15(14)21(24-16)18-13-20(28-26-18)23(4,5)6;1-3-7-11-9(5-1)10-6-2-4-8-12(10)13-11;/h7-13H,1-6H3;1-8H;/q-2;;+2. The maximum Gasteiger partial charge on any atom is 2.00 e. The van der Waals surface area contributed by atoms with Crippen LogP contribution in [0.25, 0.3) is 55.5 Å². The van der Waals surface area contributed by atoms with Gasteiger partial charge >= 0.3 is 21.1 Å². The third kappa shape index (κ3) is 5.82. The summed E-state index contributed by atoms with van der Waals surface area (Å²) in [4.78, 5) is 4.93. The van der Waals surface area contributed by atoms with Gasteiger partial charge in [0.1, 0.15) is 11.2 Å². The Labute approximate surface area is 260 Å². The van der Waals surface area contributed by atoms with E-state index in [4.69, 9.17) is 9.40 Å². The number of furan rings is 1. The number of rotatable bonds is 2. The monoisotopic (exact) mass is 734 g/mol. The van der Waals surface area contributed by atoms with E-state index in [9.17, 15) is 0 Å². The largest absolute Gasteiger partial charge is 2.00 e. The van der Waals surface area contributed by atoms with Crippen LogP contribution in [0.5, 0.6) is 0 Å². The smallest absolute Gasteiger partial charge is 0.573 e. The van der Waals surface area contributed by atoms with Crippen molar-refractivity contribution in [2.75, 3.05) is 0 Å². The average molecular weight is 735 g/mol. The van der Waals surface area contributed by atoms with E-state index in [1.807, 2.05) is 60.7 Å². The first kappa shape index (κ1) is 29.5. The van der Waals surface area contributed by atoms with Gasteiger partial charge in [-0.15, -0.1) is 0 Å². The summed E-state index contributed by atoms with van der Waals surface area (Å²) >= 11 is 0. The first-order chi connectivity index (χ1) is 19.6. The van der Waals surface area contributed by atoms with Gasteiger partial charge < -0.3 is 24.8 Å². The third-order valence-electron chi connectivity index (χ3n) is 7.14. The van der Waals surface area contributed by atoms with Crippen LogP contribution in [0, 0.1) is 0 Å². The van der Waals surface area contributed by atoms with Crippen molar-refractivity contribution >= 4 is 32.7 Å². The quantitative estimate of drug-likeness (QED) is 0.178. The number of nitrogens with zero attached hydrogens (tertiary/aromatic N) is 5. The van der Waals surface area contributed by atoms with Crippen molar-refractivity contribution in [3.63, 3.8) is 0 Å². The number of hydrogen-bond acceptors (Lipinski definition) is 4. The number of benzene rings is 3. The number of hydrogen-bond donors (Lipinski definition) is 0. The number of aromatic nitrogens is 5. The van der Waals surface area contributed by atoms with Crippen LogP contribution < -0.4 is 10.2 Å². The van der Waals surface area contributed by atoms with Gasteiger partial charge in [0.05, 0.1) is 11.4 Å². The Balaban J connectivity index is 0.000000209. The molecule has 0 radical (unpaired) electrons. The SMILES string of the molecule is CC(C)(C)c1cc(-c2cc3ccccc3c(-c3cc(C(C)(C)C)n[n-]3)n2)[n-]n1.[Pt+2].c1ccc2c(c1)oc1ccccc12. The Kier molecular flexibility index (Phi) is 7.95. The van der Waals surface area contributed by atoms with Crippen LogP contribution in [0.4, 0.5) is 0 Å². The van der Waals surface area contributed by atoms with Crippen LogP contribution in [0.1, 0.15) is 52.9 Å². The number of pyridine rings is 1. The van der Waals surface area contributed by atoms with E-state index >= 15 is 0 Å². The van der Waals surface area contributed by atoms with Crippen LogP contribution >= 0.6 is 0 Å². The second kappa shape index (κ2) is 11.3. The zero-order valence-corrected chi connectivity index (χ0v) is 26.9. The molecule has 0 saturated heterocycles. The van der Waals surface area contributed by atoms with Crippen LogP contribution in [0.2, 0.25) is 0 Å². The molecule has 0 fully saturated rings. The first-order valence-electron chi connectivity index (χ1n) is 13.9. The third-order valence-corrected chi connectivity index (χ3v) is 7.14. The minimum absolute atomic E-state index is 0. The van der Waals surface area contributed by atoms with Gasteiger partial charge in [-0.05, 0) is 23.6 Å². The first-order valence-corrected chi connectivity index (χ1v) is 13.9. The van der Waals surface area contributed by atoms with Crippen LogP contribution in [0.3, 0.4) is 0 Å². The molecule has 42 heavy (non-hydrogen) atoms. The Bertz CT molecular complexity index is 1930. The predicted octanol–water partition coefficient (Wildman–Crippen LogP) is 8.45. The molecule has 0 spiro atoms. The molecule has 7 heteroatoms. The zero-order valence-electron chi connectivity index (χ0n) is 24.6. The molecule has 0 bridgehead atoms.